The van der Waals surface area contributed by atoms with Crippen molar-refractivity contribution in [3.8, 4) is 0 Å². The van der Waals surface area contributed by atoms with Gasteiger partial charge in [0.05, 0.1) is 0 Å². The number of fused-ring (bicyclic) bond motifs is 1. The zero-order valence-electron chi connectivity index (χ0n) is 10.7. The predicted octanol–water partition coefficient (Wildman–Crippen LogP) is 4.29. The topological polar surface area (TPSA) is 12.0 Å². The zero-order chi connectivity index (χ0) is 11.7. The Morgan fingerprint density at radius 3 is 3.12 bits per heavy atom. The molecule has 1 fully saturated rings. The normalized spacial score (nSPS) is 32.6. The molecule has 1 N–H and O–H groups in total. The number of hydrogen-bond acceptors (Lipinski definition) is 2. The van der Waals surface area contributed by atoms with Crippen molar-refractivity contribution in [3.63, 3.8) is 0 Å². The summed E-state index contributed by atoms with van der Waals surface area (Å²) in [4.78, 5) is 1.64. The minimum absolute atomic E-state index is 0.658. The molecule has 3 unspecified atom stereocenters. The maximum Gasteiger partial charge on any atom is 0.0333 e. The molecule has 0 radical (unpaired) electrons. The lowest BCUT2D eigenvalue weighted by Crippen LogP contribution is -2.32. The maximum atomic E-state index is 3.93. The van der Waals surface area contributed by atoms with Crippen LogP contribution >= 0.6 is 11.3 Å². The van der Waals surface area contributed by atoms with Crippen molar-refractivity contribution in [2.75, 3.05) is 0 Å². The fraction of sp³-hybridized carbons (Fsp3) is 0.733. The Balaban J connectivity index is 1.64. The van der Waals surface area contributed by atoms with Crippen LogP contribution < -0.4 is 5.32 Å². The number of aryl methyl sites for hydroxylation is 1. The van der Waals surface area contributed by atoms with Gasteiger partial charge in [-0.2, -0.15) is 0 Å². The lowest BCUT2D eigenvalue weighted by Gasteiger charge is -2.27. The molecule has 1 saturated carbocycles. The Hall–Kier alpha value is -0.340. The van der Waals surface area contributed by atoms with Gasteiger partial charge in [-0.25, -0.2) is 0 Å². The molecule has 1 nitrogen and oxygen atoms in total. The molecule has 1 aromatic heterocycles. The summed E-state index contributed by atoms with van der Waals surface area (Å²) in [5, 5.41) is 6.20. The SMILES string of the molecule is CCC1CCC(NC2CCCc3sccc32)C1. The van der Waals surface area contributed by atoms with Crippen molar-refractivity contribution in [2.45, 2.75) is 64.0 Å². The van der Waals surface area contributed by atoms with Gasteiger partial charge in [0.15, 0.2) is 0 Å². The largest absolute Gasteiger partial charge is 0.307 e. The van der Waals surface area contributed by atoms with Crippen LogP contribution in [0, 0.1) is 5.92 Å². The minimum atomic E-state index is 0.658. The third-order valence-corrected chi connectivity index (χ3v) is 5.60. The average Bonchev–Trinajstić information content (AvgIpc) is 2.97. The summed E-state index contributed by atoms with van der Waals surface area (Å²) in [6, 6.07) is 3.80. The first-order chi connectivity index (χ1) is 8.36. The minimum Gasteiger partial charge on any atom is -0.307 e. The summed E-state index contributed by atoms with van der Waals surface area (Å²) in [7, 11) is 0. The van der Waals surface area contributed by atoms with Gasteiger partial charge in [0, 0.05) is 17.0 Å². The van der Waals surface area contributed by atoms with E-state index >= 15 is 0 Å². The van der Waals surface area contributed by atoms with Crippen LogP contribution in [0.15, 0.2) is 11.4 Å². The Morgan fingerprint density at radius 1 is 1.35 bits per heavy atom. The number of rotatable bonds is 3. The van der Waals surface area contributed by atoms with Gasteiger partial charge in [-0.1, -0.05) is 13.3 Å². The van der Waals surface area contributed by atoms with E-state index in [9.17, 15) is 0 Å². The first-order valence-corrected chi connectivity index (χ1v) is 8.07. The van der Waals surface area contributed by atoms with E-state index < -0.39 is 0 Å². The highest BCUT2D eigenvalue weighted by Crippen LogP contribution is 2.36. The summed E-state index contributed by atoms with van der Waals surface area (Å²) in [5.41, 5.74) is 1.61. The van der Waals surface area contributed by atoms with Crippen LogP contribution in [0.4, 0.5) is 0 Å². The van der Waals surface area contributed by atoms with Crippen molar-refractivity contribution in [1.29, 1.82) is 0 Å². The van der Waals surface area contributed by atoms with Gasteiger partial charge in [-0.3, -0.25) is 0 Å². The number of thiophene rings is 1. The maximum absolute atomic E-state index is 3.93. The molecule has 0 saturated heterocycles. The highest BCUT2D eigenvalue weighted by molar-refractivity contribution is 7.10. The molecule has 2 heteroatoms. The van der Waals surface area contributed by atoms with E-state index in [1.807, 2.05) is 11.3 Å². The first-order valence-electron chi connectivity index (χ1n) is 7.19. The van der Waals surface area contributed by atoms with Crippen molar-refractivity contribution < 1.29 is 0 Å². The van der Waals surface area contributed by atoms with Crippen LogP contribution in [-0.2, 0) is 6.42 Å². The standard InChI is InChI=1S/C15H23NS/c1-2-11-6-7-12(10-11)16-14-4-3-5-15-13(14)8-9-17-15/h8-9,11-12,14,16H,2-7,10H2,1H3. The molecule has 1 heterocycles. The summed E-state index contributed by atoms with van der Waals surface area (Å²) >= 11 is 1.95. The highest BCUT2D eigenvalue weighted by Gasteiger charge is 2.28. The molecular weight excluding hydrogens is 226 g/mol. The fourth-order valence-electron chi connectivity index (χ4n) is 3.54. The third kappa shape index (κ3) is 2.43. The van der Waals surface area contributed by atoms with Crippen LogP contribution in [0.1, 0.15) is 61.9 Å². The van der Waals surface area contributed by atoms with Gasteiger partial charge in [0.25, 0.3) is 0 Å². The van der Waals surface area contributed by atoms with Crippen LogP contribution in [0.25, 0.3) is 0 Å². The molecule has 0 bridgehead atoms. The smallest absolute Gasteiger partial charge is 0.0333 e. The molecule has 94 valence electrons. The third-order valence-electron chi connectivity index (χ3n) is 4.61. The molecule has 3 rings (SSSR count). The molecule has 0 spiro atoms. The summed E-state index contributed by atoms with van der Waals surface area (Å²) in [6.45, 7) is 2.34. The van der Waals surface area contributed by atoms with Crippen LogP contribution in [-0.4, -0.2) is 6.04 Å². The number of hydrogen-bond donors (Lipinski definition) is 1. The van der Waals surface area contributed by atoms with Crippen LogP contribution in [0.5, 0.6) is 0 Å². The second-order valence-corrected chi connectivity index (χ2v) is 6.70. The van der Waals surface area contributed by atoms with Gasteiger partial charge in [0.1, 0.15) is 0 Å². The van der Waals surface area contributed by atoms with E-state index in [1.54, 1.807) is 10.4 Å². The average molecular weight is 249 g/mol. The lowest BCUT2D eigenvalue weighted by atomic mass is 9.93. The van der Waals surface area contributed by atoms with E-state index in [-0.39, 0.29) is 0 Å². The molecule has 17 heavy (non-hydrogen) atoms. The summed E-state index contributed by atoms with van der Waals surface area (Å²) in [5.74, 6) is 0.984. The first kappa shape index (κ1) is 11.7. The summed E-state index contributed by atoms with van der Waals surface area (Å²) in [6.07, 6.45) is 9.64. The quantitative estimate of drug-likeness (QED) is 0.842. The van der Waals surface area contributed by atoms with E-state index in [0.717, 1.165) is 12.0 Å². The molecule has 1 aromatic rings. The van der Waals surface area contributed by atoms with Crippen molar-refractivity contribution in [1.82, 2.24) is 5.32 Å². The van der Waals surface area contributed by atoms with Gasteiger partial charge in [0.2, 0.25) is 0 Å². The summed E-state index contributed by atoms with van der Waals surface area (Å²) < 4.78 is 0. The van der Waals surface area contributed by atoms with Crippen LogP contribution in [0.2, 0.25) is 0 Å². The molecular formula is C15H23NS. The highest BCUT2D eigenvalue weighted by atomic mass is 32.1. The molecule has 2 aliphatic carbocycles. The Kier molecular flexibility index (Phi) is 3.53. The van der Waals surface area contributed by atoms with E-state index in [4.69, 9.17) is 0 Å². The predicted molar refractivity (Wildman–Crippen MR) is 74.6 cm³/mol. The van der Waals surface area contributed by atoms with E-state index in [2.05, 4.69) is 23.7 Å². The van der Waals surface area contributed by atoms with E-state index in [0.29, 0.717) is 6.04 Å². The van der Waals surface area contributed by atoms with Gasteiger partial charge in [-0.05, 0) is 61.5 Å². The second kappa shape index (κ2) is 5.11. The fourth-order valence-corrected chi connectivity index (χ4v) is 4.53. The van der Waals surface area contributed by atoms with Gasteiger partial charge >= 0.3 is 0 Å². The van der Waals surface area contributed by atoms with Crippen molar-refractivity contribution >= 4 is 11.3 Å². The molecule has 2 aliphatic rings. The van der Waals surface area contributed by atoms with Gasteiger partial charge < -0.3 is 5.32 Å². The Morgan fingerprint density at radius 2 is 2.29 bits per heavy atom. The monoisotopic (exact) mass is 249 g/mol. The molecule has 0 amide bonds. The molecule has 3 atom stereocenters. The molecule has 0 aliphatic heterocycles. The van der Waals surface area contributed by atoms with Crippen molar-refractivity contribution in [2.24, 2.45) is 5.92 Å². The van der Waals surface area contributed by atoms with Crippen LogP contribution in [0.3, 0.4) is 0 Å². The zero-order valence-corrected chi connectivity index (χ0v) is 11.6. The Bertz CT molecular complexity index is 371. The number of nitrogens with one attached hydrogen (secondary N) is 1. The second-order valence-electron chi connectivity index (χ2n) is 5.69. The van der Waals surface area contributed by atoms with Crippen molar-refractivity contribution in [3.05, 3.63) is 21.9 Å². The lowest BCUT2D eigenvalue weighted by molar-refractivity contribution is 0.388. The molecule has 0 aromatic carbocycles. The Labute approximate surface area is 109 Å². The van der Waals surface area contributed by atoms with Gasteiger partial charge in [-0.15, -0.1) is 11.3 Å². The van der Waals surface area contributed by atoms with E-state index in [1.165, 1.54) is 44.9 Å².